The smallest absolute Gasteiger partial charge is 0.337 e. The first-order valence-electron chi connectivity index (χ1n) is 8.44. The second kappa shape index (κ2) is 8.69. The molecule has 0 spiro atoms. The molecule has 0 heterocycles. The molecule has 0 aromatic heterocycles. The van der Waals surface area contributed by atoms with E-state index < -0.39 is 15.8 Å². The van der Waals surface area contributed by atoms with Crippen molar-refractivity contribution < 1.29 is 28.9 Å². The van der Waals surface area contributed by atoms with E-state index in [1.54, 1.807) is 0 Å². The Morgan fingerprint density at radius 2 is 1.20 bits per heavy atom. The van der Waals surface area contributed by atoms with Crippen molar-refractivity contribution in [1.82, 2.24) is 0 Å². The van der Waals surface area contributed by atoms with Crippen LogP contribution in [0.2, 0.25) is 0 Å². The Hall–Kier alpha value is -4.47. The summed E-state index contributed by atoms with van der Waals surface area (Å²) in [6, 6.07) is 15.1. The average Bonchev–Trinajstić information content (AvgIpc) is 2.75. The second-order valence-electron chi connectivity index (χ2n) is 5.86. The van der Waals surface area contributed by atoms with Gasteiger partial charge in [0.15, 0.2) is 11.5 Å². The van der Waals surface area contributed by atoms with Crippen LogP contribution in [-0.2, 0) is 4.74 Å². The van der Waals surface area contributed by atoms with Crippen LogP contribution >= 0.6 is 0 Å². The molecule has 10 nitrogen and oxygen atoms in total. The topological polar surface area (TPSA) is 131 Å². The molecule has 3 aromatic carbocycles. The molecule has 0 fully saturated rings. The van der Waals surface area contributed by atoms with Gasteiger partial charge in [-0.3, -0.25) is 20.2 Å². The summed E-state index contributed by atoms with van der Waals surface area (Å²) < 4.78 is 16.2. The van der Waals surface area contributed by atoms with Gasteiger partial charge in [-0.15, -0.1) is 0 Å². The number of nitro groups is 2. The summed E-state index contributed by atoms with van der Waals surface area (Å²) in [5.74, 6) is 0.349. The number of carbonyl (C=O) groups excluding carboxylic acids is 1. The molecule has 0 amide bonds. The molecule has 0 unspecified atom stereocenters. The Labute approximate surface area is 169 Å². The zero-order valence-corrected chi connectivity index (χ0v) is 15.5. The van der Waals surface area contributed by atoms with Gasteiger partial charge in [-0.25, -0.2) is 4.79 Å². The molecule has 0 bridgehead atoms. The molecule has 0 atom stereocenters. The van der Waals surface area contributed by atoms with E-state index in [4.69, 9.17) is 14.2 Å². The lowest BCUT2D eigenvalue weighted by Crippen LogP contribution is -2.02. The first kappa shape index (κ1) is 20.3. The fourth-order valence-corrected chi connectivity index (χ4v) is 2.44. The number of non-ortho nitro benzene ring substituents is 2. The quantitative estimate of drug-likeness (QED) is 0.306. The molecular formula is C20H14N2O8. The predicted octanol–water partition coefficient (Wildman–Crippen LogP) is 4.87. The van der Waals surface area contributed by atoms with E-state index in [1.165, 1.54) is 73.8 Å². The van der Waals surface area contributed by atoms with Crippen molar-refractivity contribution in [2.45, 2.75) is 0 Å². The highest BCUT2D eigenvalue weighted by molar-refractivity contribution is 5.90. The average molecular weight is 410 g/mol. The van der Waals surface area contributed by atoms with Crippen molar-refractivity contribution in [3.8, 4) is 23.0 Å². The van der Waals surface area contributed by atoms with Crippen LogP contribution in [0.1, 0.15) is 10.4 Å². The van der Waals surface area contributed by atoms with Crippen LogP contribution in [0, 0.1) is 20.2 Å². The lowest BCUT2D eigenvalue weighted by molar-refractivity contribution is -0.385. The third-order valence-electron chi connectivity index (χ3n) is 3.92. The number of rotatable bonds is 7. The van der Waals surface area contributed by atoms with Crippen LogP contribution in [0.5, 0.6) is 23.0 Å². The summed E-state index contributed by atoms with van der Waals surface area (Å²) in [5.41, 5.74) is 0.00391. The van der Waals surface area contributed by atoms with Gasteiger partial charge in [0.1, 0.15) is 11.5 Å². The molecule has 0 saturated heterocycles. The minimum atomic E-state index is -0.592. The SMILES string of the molecule is COC(=O)c1ccc(Oc2ccc([N+](=O)[O-])cc2)c(Oc2ccc([N+](=O)[O-])cc2)c1. The molecular weight excluding hydrogens is 396 g/mol. The van der Waals surface area contributed by atoms with Crippen molar-refractivity contribution in [2.24, 2.45) is 0 Å². The van der Waals surface area contributed by atoms with Crippen molar-refractivity contribution in [1.29, 1.82) is 0 Å². The van der Waals surface area contributed by atoms with E-state index >= 15 is 0 Å². The fraction of sp³-hybridized carbons (Fsp3) is 0.0500. The number of hydrogen-bond acceptors (Lipinski definition) is 8. The summed E-state index contributed by atoms with van der Waals surface area (Å²) in [6.45, 7) is 0. The number of esters is 1. The molecule has 0 saturated carbocycles. The highest BCUT2D eigenvalue weighted by Crippen LogP contribution is 2.36. The zero-order chi connectivity index (χ0) is 21.7. The maximum atomic E-state index is 11.9. The zero-order valence-electron chi connectivity index (χ0n) is 15.5. The van der Waals surface area contributed by atoms with Gasteiger partial charge in [-0.1, -0.05) is 0 Å². The minimum Gasteiger partial charge on any atom is -0.465 e. The van der Waals surface area contributed by atoms with Gasteiger partial charge in [0.05, 0.1) is 22.5 Å². The van der Waals surface area contributed by atoms with Crippen molar-refractivity contribution in [3.63, 3.8) is 0 Å². The normalized spacial score (nSPS) is 10.2. The Kier molecular flexibility index (Phi) is 5.87. The number of carbonyl (C=O) groups is 1. The molecule has 152 valence electrons. The Morgan fingerprint density at radius 1 is 0.733 bits per heavy atom. The van der Waals surface area contributed by atoms with E-state index in [0.717, 1.165) is 0 Å². The van der Waals surface area contributed by atoms with Crippen molar-refractivity contribution >= 4 is 17.3 Å². The number of hydrogen-bond donors (Lipinski definition) is 0. The van der Waals surface area contributed by atoms with Crippen LogP contribution in [0.3, 0.4) is 0 Å². The molecule has 0 aliphatic carbocycles. The highest BCUT2D eigenvalue weighted by Gasteiger charge is 2.15. The number of nitrogens with zero attached hydrogens (tertiary/aromatic N) is 2. The van der Waals surface area contributed by atoms with Gasteiger partial charge in [0.2, 0.25) is 0 Å². The number of nitro benzene ring substituents is 2. The van der Waals surface area contributed by atoms with E-state index in [9.17, 15) is 25.0 Å². The Bertz CT molecular complexity index is 1090. The Morgan fingerprint density at radius 3 is 1.63 bits per heavy atom. The highest BCUT2D eigenvalue weighted by atomic mass is 16.6. The summed E-state index contributed by atoms with van der Waals surface area (Å²) >= 11 is 0. The molecule has 0 aliphatic rings. The summed E-state index contributed by atoms with van der Waals surface area (Å²) in [4.78, 5) is 32.4. The van der Waals surface area contributed by atoms with Gasteiger partial charge in [0, 0.05) is 24.3 Å². The Balaban J connectivity index is 1.92. The largest absolute Gasteiger partial charge is 0.465 e. The van der Waals surface area contributed by atoms with E-state index in [2.05, 4.69) is 0 Å². The van der Waals surface area contributed by atoms with Crippen LogP contribution < -0.4 is 9.47 Å². The number of methoxy groups -OCH3 is 1. The van der Waals surface area contributed by atoms with E-state index in [-0.39, 0.29) is 34.2 Å². The van der Waals surface area contributed by atoms with Gasteiger partial charge >= 0.3 is 5.97 Å². The monoisotopic (exact) mass is 410 g/mol. The molecule has 0 N–H and O–H groups in total. The van der Waals surface area contributed by atoms with Crippen molar-refractivity contribution in [2.75, 3.05) is 7.11 Å². The predicted molar refractivity (Wildman–Crippen MR) is 104 cm³/mol. The van der Waals surface area contributed by atoms with E-state index in [1.807, 2.05) is 0 Å². The standard InChI is InChI=1S/C20H14N2O8/c1-28-20(23)13-2-11-18(29-16-7-3-14(4-8-16)21(24)25)19(12-13)30-17-9-5-15(6-10-17)22(26)27/h2-12H,1H3. The maximum Gasteiger partial charge on any atom is 0.337 e. The van der Waals surface area contributed by atoms with Gasteiger partial charge < -0.3 is 14.2 Å². The third-order valence-corrected chi connectivity index (χ3v) is 3.92. The van der Waals surface area contributed by atoms with Gasteiger partial charge in [-0.05, 0) is 42.5 Å². The van der Waals surface area contributed by atoms with Crippen LogP contribution in [0.15, 0.2) is 66.7 Å². The van der Waals surface area contributed by atoms with Crippen molar-refractivity contribution in [3.05, 3.63) is 92.5 Å². The fourth-order valence-electron chi connectivity index (χ4n) is 2.44. The molecule has 3 aromatic rings. The molecule has 0 radical (unpaired) electrons. The van der Waals surface area contributed by atoms with Crippen LogP contribution in [0.25, 0.3) is 0 Å². The first-order valence-corrected chi connectivity index (χ1v) is 8.44. The maximum absolute atomic E-state index is 11.9. The van der Waals surface area contributed by atoms with Gasteiger partial charge in [0.25, 0.3) is 11.4 Å². The lowest BCUT2D eigenvalue weighted by Gasteiger charge is -2.13. The number of benzene rings is 3. The minimum absolute atomic E-state index is 0.0919. The molecule has 3 rings (SSSR count). The number of ether oxygens (including phenoxy) is 3. The lowest BCUT2D eigenvalue weighted by atomic mass is 10.2. The first-order chi connectivity index (χ1) is 14.4. The molecule has 0 aliphatic heterocycles. The molecule has 30 heavy (non-hydrogen) atoms. The summed E-state index contributed by atoms with van der Waals surface area (Å²) in [7, 11) is 1.24. The van der Waals surface area contributed by atoms with Crippen LogP contribution in [-0.4, -0.2) is 22.9 Å². The third kappa shape index (κ3) is 4.68. The van der Waals surface area contributed by atoms with Gasteiger partial charge in [-0.2, -0.15) is 0 Å². The molecule has 10 heteroatoms. The van der Waals surface area contributed by atoms with Crippen LogP contribution in [0.4, 0.5) is 11.4 Å². The summed E-state index contributed by atoms with van der Waals surface area (Å²) in [5, 5.41) is 21.6. The second-order valence-corrected chi connectivity index (χ2v) is 5.86. The van der Waals surface area contributed by atoms with E-state index in [0.29, 0.717) is 5.75 Å². The summed E-state index contributed by atoms with van der Waals surface area (Å²) in [6.07, 6.45) is 0.